The van der Waals surface area contributed by atoms with Crippen LogP contribution in [0, 0.1) is 12.8 Å². The predicted octanol–water partition coefficient (Wildman–Crippen LogP) is 0.0962. The molecule has 17 heavy (non-hydrogen) atoms. The Hall–Kier alpha value is -1.92. The highest BCUT2D eigenvalue weighted by molar-refractivity contribution is 5.90. The minimum absolute atomic E-state index is 0.0950. The summed E-state index contributed by atoms with van der Waals surface area (Å²) in [4.78, 5) is 26.4. The lowest BCUT2D eigenvalue weighted by Gasteiger charge is -2.10. The molecule has 1 amide bonds. The highest BCUT2D eigenvalue weighted by atomic mass is 16.4. The topological polar surface area (TPSA) is 108 Å². The Kier molecular flexibility index (Phi) is 3.08. The number of nitrogens with zero attached hydrogens (tertiary/aromatic N) is 2. The van der Waals surface area contributed by atoms with Crippen molar-refractivity contribution in [2.75, 3.05) is 0 Å². The minimum atomic E-state index is -0.796. The van der Waals surface area contributed by atoms with Crippen LogP contribution >= 0.6 is 0 Å². The number of hydrogen-bond donors (Lipinski definition) is 3. The number of carbonyl (C=O) groups excluding carboxylic acids is 1. The molecule has 0 saturated heterocycles. The number of aromatic nitrogens is 3. The number of aromatic amines is 1. The minimum Gasteiger partial charge on any atom is -0.481 e. The Morgan fingerprint density at radius 3 is 2.76 bits per heavy atom. The van der Waals surface area contributed by atoms with Gasteiger partial charge in [0.2, 0.25) is 5.82 Å². The summed E-state index contributed by atoms with van der Waals surface area (Å²) >= 11 is 0. The standard InChI is InChI=1S/C10H14N4O3/c1-5-11-8(14-13-5)9(15)12-7-3-2-6(4-7)10(16)17/h6-7H,2-4H2,1H3,(H,12,15)(H,16,17)(H,11,13,14)/t6-,7+/m1/s1. The van der Waals surface area contributed by atoms with Crippen molar-refractivity contribution in [2.45, 2.75) is 32.2 Å². The fourth-order valence-corrected chi connectivity index (χ4v) is 2.03. The van der Waals surface area contributed by atoms with Crippen molar-refractivity contribution in [1.29, 1.82) is 0 Å². The summed E-state index contributed by atoms with van der Waals surface area (Å²) in [5.74, 6) is -0.832. The van der Waals surface area contributed by atoms with Gasteiger partial charge in [0, 0.05) is 6.04 Å². The summed E-state index contributed by atoms with van der Waals surface area (Å²) in [7, 11) is 0. The van der Waals surface area contributed by atoms with Gasteiger partial charge >= 0.3 is 5.97 Å². The number of aliphatic carboxylic acids is 1. The lowest BCUT2D eigenvalue weighted by molar-refractivity contribution is -0.141. The van der Waals surface area contributed by atoms with Crippen molar-refractivity contribution in [2.24, 2.45) is 5.92 Å². The number of rotatable bonds is 3. The van der Waals surface area contributed by atoms with Gasteiger partial charge in [-0.25, -0.2) is 4.98 Å². The lowest BCUT2D eigenvalue weighted by Crippen LogP contribution is -2.34. The van der Waals surface area contributed by atoms with E-state index in [1.165, 1.54) is 0 Å². The van der Waals surface area contributed by atoms with Crippen LogP contribution in [-0.2, 0) is 4.79 Å². The number of amides is 1. The van der Waals surface area contributed by atoms with E-state index in [4.69, 9.17) is 5.11 Å². The van der Waals surface area contributed by atoms with Crippen LogP contribution in [0.1, 0.15) is 35.7 Å². The smallest absolute Gasteiger partial charge is 0.306 e. The van der Waals surface area contributed by atoms with E-state index in [0.717, 1.165) is 0 Å². The molecule has 1 aromatic rings. The highest BCUT2D eigenvalue weighted by Crippen LogP contribution is 2.25. The Morgan fingerprint density at radius 2 is 2.24 bits per heavy atom. The highest BCUT2D eigenvalue weighted by Gasteiger charge is 2.31. The fourth-order valence-electron chi connectivity index (χ4n) is 2.03. The molecule has 0 spiro atoms. The monoisotopic (exact) mass is 238 g/mol. The molecule has 1 aliphatic carbocycles. The first-order chi connectivity index (χ1) is 8.06. The number of aryl methyl sites for hydroxylation is 1. The fraction of sp³-hybridized carbons (Fsp3) is 0.600. The summed E-state index contributed by atoms with van der Waals surface area (Å²) in [6.45, 7) is 1.71. The quantitative estimate of drug-likeness (QED) is 0.692. The second-order valence-electron chi connectivity index (χ2n) is 4.26. The molecular formula is C10H14N4O3. The van der Waals surface area contributed by atoms with Crippen LogP contribution in [0.2, 0.25) is 0 Å². The maximum Gasteiger partial charge on any atom is 0.306 e. The van der Waals surface area contributed by atoms with Crippen molar-refractivity contribution in [1.82, 2.24) is 20.5 Å². The van der Waals surface area contributed by atoms with Crippen LogP contribution < -0.4 is 5.32 Å². The van der Waals surface area contributed by atoms with Gasteiger partial charge in [0.25, 0.3) is 5.91 Å². The van der Waals surface area contributed by atoms with Gasteiger partial charge in [-0.3, -0.25) is 14.7 Å². The van der Waals surface area contributed by atoms with E-state index in [2.05, 4.69) is 20.5 Å². The summed E-state index contributed by atoms with van der Waals surface area (Å²) in [5, 5.41) is 17.9. The van der Waals surface area contributed by atoms with Crippen LogP contribution in [0.3, 0.4) is 0 Å². The van der Waals surface area contributed by atoms with Gasteiger partial charge in [0.1, 0.15) is 5.82 Å². The SMILES string of the molecule is Cc1nc(C(=O)N[C@H]2CC[C@@H](C(=O)O)C2)n[nH]1. The third-order valence-corrected chi connectivity index (χ3v) is 2.92. The maximum absolute atomic E-state index is 11.7. The van der Waals surface area contributed by atoms with Crippen molar-refractivity contribution >= 4 is 11.9 Å². The molecule has 1 fully saturated rings. The van der Waals surface area contributed by atoms with Crippen LogP contribution in [-0.4, -0.2) is 38.2 Å². The van der Waals surface area contributed by atoms with Gasteiger partial charge in [-0.1, -0.05) is 0 Å². The third kappa shape index (κ3) is 2.61. The molecule has 2 rings (SSSR count). The molecule has 7 nitrogen and oxygen atoms in total. The van der Waals surface area contributed by atoms with E-state index in [1.807, 2.05) is 0 Å². The molecule has 1 heterocycles. The van der Waals surface area contributed by atoms with Gasteiger partial charge in [0.05, 0.1) is 5.92 Å². The van der Waals surface area contributed by atoms with Crippen LogP contribution in [0.25, 0.3) is 0 Å². The normalized spacial score (nSPS) is 23.6. The van der Waals surface area contributed by atoms with Crippen LogP contribution in [0.4, 0.5) is 0 Å². The molecule has 1 saturated carbocycles. The van der Waals surface area contributed by atoms with Crippen LogP contribution in [0.15, 0.2) is 0 Å². The Bertz CT molecular complexity index is 443. The van der Waals surface area contributed by atoms with E-state index in [1.54, 1.807) is 6.92 Å². The van der Waals surface area contributed by atoms with Crippen molar-refractivity contribution < 1.29 is 14.7 Å². The largest absolute Gasteiger partial charge is 0.481 e. The molecule has 1 aromatic heterocycles. The second-order valence-corrected chi connectivity index (χ2v) is 4.26. The molecule has 7 heteroatoms. The van der Waals surface area contributed by atoms with Gasteiger partial charge in [0.15, 0.2) is 0 Å². The zero-order chi connectivity index (χ0) is 12.4. The number of H-pyrrole nitrogens is 1. The summed E-state index contributed by atoms with van der Waals surface area (Å²) in [5.41, 5.74) is 0. The number of hydrogen-bond acceptors (Lipinski definition) is 4. The van der Waals surface area contributed by atoms with E-state index in [-0.39, 0.29) is 23.7 Å². The third-order valence-electron chi connectivity index (χ3n) is 2.92. The molecule has 0 aromatic carbocycles. The first kappa shape index (κ1) is 11.6. The number of carbonyl (C=O) groups is 2. The average molecular weight is 238 g/mol. The van der Waals surface area contributed by atoms with Crippen molar-refractivity contribution in [3.05, 3.63) is 11.6 Å². The first-order valence-corrected chi connectivity index (χ1v) is 5.49. The zero-order valence-electron chi connectivity index (χ0n) is 9.43. The Balaban J connectivity index is 1.90. The molecule has 3 N–H and O–H groups in total. The van der Waals surface area contributed by atoms with Gasteiger partial charge in [-0.15, -0.1) is 5.10 Å². The number of carboxylic acids is 1. The lowest BCUT2D eigenvalue weighted by atomic mass is 10.1. The Morgan fingerprint density at radius 1 is 1.47 bits per heavy atom. The average Bonchev–Trinajstić information content (AvgIpc) is 2.86. The predicted molar refractivity (Wildman–Crippen MR) is 57.4 cm³/mol. The van der Waals surface area contributed by atoms with E-state index in [0.29, 0.717) is 25.1 Å². The van der Waals surface area contributed by atoms with Crippen LogP contribution in [0.5, 0.6) is 0 Å². The molecule has 2 atom stereocenters. The Labute approximate surface area is 97.6 Å². The molecule has 92 valence electrons. The van der Waals surface area contributed by atoms with Gasteiger partial charge < -0.3 is 10.4 Å². The second kappa shape index (κ2) is 4.52. The molecule has 1 aliphatic rings. The van der Waals surface area contributed by atoms with E-state index >= 15 is 0 Å². The van der Waals surface area contributed by atoms with Crippen molar-refractivity contribution in [3.8, 4) is 0 Å². The maximum atomic E-state index is 11.7. The van der Waals surface area contributed by atoms with Gasteiger partial charge in [-0.05, 0) is 26.2 Å². The number of nitrogens with one attached hydrogen (secondary N) is 2. The summed E-state index contributed by atoms with van der Waals surface area (Å²) < 4.78 is 0. The molecule has 0 radical (unpaired) electrons. The molecule has 0 bridgehead atoms. The molecular weight excluding hydrogens is 224 g/mol. The number of carboxylic acid groups (broad SMARTS) is 1. The summed E-state index contributed by atoms with van der Waals surface area (Å²) in [6.07, 6.45) is 1.77. The molecule has 0 unspecified atom stereocenters. The summed E-state index contributed by atoms with van der Waals surface area (Å²) in [6, 6.07) is -0.0950. The first-order valence-electron chi connectivity index (χ1n) is 5.49. The van der Waals surface area contributed by atoms with E-state index in [9.17, 15) is 9.59 Å². The van der Waals surface area contributed by atoms with E-state index < -0.39 is 5.97 Å². The van der Waals surface area contributed by atoms with Crippen molar-refractivity contribution in [3.63, 3.8) is 0 Å². The zero-order valence-corrected chi connectivity index (χ0v) is 9.43. The molecule has 0 aliphatic heterocycles. The van der Waals surface area contributed by atoms with Gasteiger partial charge in [-0.2, -0.15) is 0 Å².